The molecule has 0 aliphatic heterocycles. The van der Waals surface area contributed by atoms with E-state index in [4.69, 9.17) is 5.73 Å². The average molecular weight is 203 g/mol. The third-order valence-electron chi connectivity index (χ3n) is 2.30. The number of hydrogen-bond donors (Lipinski definition) is 3. The standard InChI is InChI=1S/C11H13N3O/c12-7-10(15)8-3-1-2-4-9(8)11-13-5-6-14-11/h1-6,10,15H,7,12H2,(H,13,14). The zero-order valence-electron chi connectivity index (χ0n) is 8.22. The van der Waals surface area contributed by atoms with Gasteiger partial charge in [-0.15, -0.1) is 0 Å². The normalized spacial score (nSPS) is 12.7. The number of benzene rings is 1. The molecule has 0 amide bonds. The largest absolute Gasteiger partial charge is 0.387 e. The Bertz CT molecular complexity index is 425. The molecule has 0 saturated carbocycles. The minimum atomic E-state index is -0.647. The molecule has 0 aliphatic rings. The van der Waals surface area contributed by atoms with Crippen LogP contribution in [0.3, 0.4) is 0 Å². The average Bonchev–Trinajstić information content (AvgIpc) is 2.81. The highest BCUT2D eigenvalue weighted by Gasteiger charge is 2.12. The third-order valence-corrected chi connectivity index (χ3v) is 2.30. The summed E-state index contributed by atoms with van der Waals surface area (Å²) in [7, 11) is 0. The molecule has 1 unspecified atom stereocenters. The van der Waals surface area contributed by atoms with Crippen molar-refractivity contribution in [3.8, 4) is 11.4 Å². The van der Waals surface area contributed by atoms with Crippen molar-refractivity contribution in [1.29, 1.82) is 0 Å². The highest BCUT2D eigenvalue weighted by Crippen LogP contribution is 2.24. The molecule has 0 radical (unpaired) electrons. The van der Waals surface area contributed by atoms with Crippen molar-refractivity contribution in [2.75, 3.05) is 6.54 Å². The summed E-state index contributed by atoms with van der Waals surface area (Å²) in [6.07, 6.45) is 2.79. The van der Waals surface area contributed by atoms with Crippen LogP contribution < -0.4 is 5.73 Å². The van der Waals surface area contributed by atoms with Crippen molar-refractivity contribution < 1.29 is 5.11 Å². The summed E-state index contributed by atoms with van der Waals surface area (Å²) >= 11 is 0. The number of aromatic amines is 1. The molecule has 15 heavy (non-hydrogen) atoms. The summed E-state index contributed by atoms with van der Waals surface area (Å²) in [6.45, 7) is 0.206. The summed E-state index contributed by atoms with van der Waals surface area (Å²) in [5, 5.41) is 9.74. The van der Waals surface area contributed by atoms with Crippen LogP contribution in [0.4, 0.5) is 0 Å². The molecule has 0 saturated heterocycles. The van der Waals surface area contributed by atoms with Gasteiger partial charge in [-0.1, -0.05) is 24.3 Å². The maximum absolute atomic E-state index is 9.74. The second kappa shape index (κ2) is 4.25. The Hall–Kier alpha value is -1.65. The first-order valence-corrected chi connectivity index (χ1v) is 4.79. The lowest BCUT2D eigenvalue weighted by Gasteiger charge is -2.11. The van der Waals surface area contributed by atoms with Crippen molar-refractivity contribution in [2.24, 2.45) is 5.73 Å². The molecule has 1 aromatic heterocycles. The number of aliphatic hydroxyl groups excluding tert-OH is 1. The van der Waals surface area contributed by atoms with Crippen molar-refractivity contribution in [3.05, 3.63) is 42.2 Å². The van der Waals surface area contributed by atoms with E-state index in [2.05, 4.69) is 9.97 Å². The topological polar surface area (TPSA) is 74.9 Å². The molecule has 0 aliphatic carbocycles. The van der Waals surface area contributed by atoms with Gasteiger partial charge in [0.25, 0.3) is 0 Å². The van der Waals surface area contributed by atoms with Gasteiger partial charge in [0.05, 0.1) is 6.10 Å². The fraction of sp³-hybridized carbons (Fsp3) is 0.182. The van der Waals surface area contributed by atoms with Crippen LogP contribution in [0.2, 0.25) is 0 Å². The fourth-order valence-corrected chi connectivity index (χ4v) is 1.54. The first kappa shape index (κ1) is 9.89. The molecule has 1 atom stereocenters. The van der Waals surface area contributed by atoms with Gasteiger partial charge in [0.1, 0.15) is 5.82 Å². The molecule has 4 N–H and O–H groups in total. The molecule has 0 fully saturated rings. The van der Waals surface area contributed by atoms with Gasteiger partial charge in [0, 0.05) is 24.5 Å². The van der Waals surface area contributed by atoms with Gasteiger partial charge in [-0.2, -0.15) is 0 Å². The molecular formula is C11H13N3O. The Labute approximate surface area is 87.8 Å². The summed E-state index contributed by atoms with van der Waals surface area (Å²) in [6, 6.07) is 7.55. The van der Waals surface area contributed by atoms with Crippen molar-refractivity contribution in [2.45, 2.75) is 6.10 Å². The van der Waals surface area contributed by atoms with E-state index >= 15 is 0 Å². The molecular weight excluding hydrogens is 190 g/mol. The molecule has 0 bridgehead atoms. The van der Waals surface area contributed by atoms with Gasteiger partial charge < -0.3 is 15.8 Å². The smallest absolute Gasteiger partial charge is 0.137 e. The summed E-state index contributed by atoms with van der Waals surface area (Å²) < 4.78 is 0. The van der Waals surface area contributed by atoms with Crippen LogP contribution in [-0.4, -0.2) is 21.6 Å². The van der Waals surface area contributed by atoms with E-state index in [0.29, 0.717) is 0 Å². The lowest BCUT2D eigenvalue weighted by molar-refractivity contribution is 0.187. The molecule has 4 nitrogen and oxygen atoms in total. The number of aliphatic hydroxyl groups is 1. The quantitative estimate of drug-likeness (QED) is 0.698. The lowest BCUT2D eigenvalue weighted by Crippen LogP contribution is -2.12. The number of hydrogen-bond acceptors (Lipinski definition) is 3. The van der Waals surface area contributed by atoms with Crippen LogP contribution in [0.5, 0.6) is 0 Å². The molecule has 2 rings (SSSR count). The van der Waals surface area contributed by atoms with Crippen LogP contribution in [0.1, 0.15) is 11.7 Å². The summed E-state index contributed by atoms with van der Waals surface area (Å²) in [4.78, 5) is 7.17. The van der Waals surface area contributed by atoms with E-state index in [1.54, 1.807) is 12.4 Å². The molecule has 78 valence electrons. The number of rotatable bonds is 3. The van der Waals surface area contributed by atoms with Gasteiger partial charge in [0.15, 0.2) is 0 Å². The lowest BCUT2D eigenvalue weighted by atomic mass is 10.0. The van der Waals surface area contributed by atoms with Gasteiger partial charge in [-0.05, 0) is 5.56 Å². The molecule has 4 heteroatoms. The zero-order valence-corrected chi connectivity index (χ0v) is 8.22. The number of nitrogens with two attached hydrogens (primary N) is 1. The summed E-state index contributed by atoms with van der Waals surface area (Å²) in [5.41, 5.74) is 7.14. The number of aromatic nitrogens is 2. The predicted octanol–water partition coefficient (Wildman–Crippen LogP) is 1.07. The maximum Gasteiger partial charge on any atom is 0.137 e. The second-order valence-corrected chi connectivity index (χ2v) is 3.28. The number of imidazole rings is 1. The molecule has 2 aromatic rings. The number of H-pyrrole nitrogens is 1. The Morgan fingerprint density at radius 1 is 1.40 bits per heavy atom. The van der Waals surface area contributed by atoms with E-state index in [1.165, 1.54) is 0 Å². The Morgan fingerprint density at radius 2 is 2.20 bits per heavy atom. The van der Waals surface area contributed by atoms with E-state index in [-0.39, 0.29) is 6.54 Å². The number of nitrogens with one attached hydrogen (secondary N) is 1. The van der Waals surface area contributed by atoms with Gasteiger partial charge in [-0.25, -0.2) is 4.98 Å². The maximum atomic E-state index is 9.74. The van der Waals surface area contributed by atoms with Crippen LogP contribution in [-0.2, 0) is 0 Å². The Balaban J connectivity index is 2.47. The first-order valence-electron chi connectivity index (χ1n) is 4.79. The van der Waals surface area contributed by atoms with Gasteiger partial charge in [0.2, 0.25) is 0 Å². The Kier molecular flexibility index (Phi) is 2.80. The first-order chi connectivity index (χ1) is 7.33. The number of nitrogens with zero attached hydrogens (tertiary/aromatic N) is 1. The van der Waals surface area contributed by atoms with Crippen molar-refractivity contribution in [3.63, 3.8) is 0 Å². The minimum Gasteiger partial charge on any atom is -0.387 e. The predicted molar refractivity (Wildman–Crippen MR) is 58.0 cm³/mol. The van der Waals surface area contributed by atoms with E-state index in [9.17, 15) is 5.11 Å². The van der Waals surface area contributed by atoms with E-state index in [0.717, 1.165) is 17.0 Å². The van der Waals surface area contributed by atoms with E-state index < -0.39 is 6.10 Å². The SMILES string of the molecule is NCC(O)c1ccccc1-c1ncc[nH]1. The Morgan fingerprint density at radius 3 is 2.87 bits per heavy atom. The minimum absolute atomic E-state index is 0.206. The van der Waals surface area contributed by atoms with Crippen LogP contribution >= 0.6 is 0 Å². The van der Waals surface area contributed by atoms with Crippen LogP contribution in [0, 0.1) is 0 Å². The van der Waals surface area contributed by atoms with E-state index in [1.807, 2.05) is 24.3 Å². The zero-order chi connectivity index (χ0) is 10.7. The van der Waals surface area contributed by atoms with Gasteiger partial charge >= 0.3 is 0 Å². The van der Waals surface area contributed by atoms with Crippen molar-refractivity contribution >= 4 is 0 Å². The third kappa shape index (κ3) is 1.91. The van der Waals surface area contributed by atoms with Gasteiger partial charge in [-0.3, -0.25) is 0 Å². The molecule has 1 heterocycles. The van der Waals surface area contributed by atoms with Crippen LogP contribution in [0.25, 0.3) is 11.4 Å². The highest BCUT2D eigenvalue weighted by molar-refractivity contribution is 5.60. The highest BCUT2D eigenvalue weighted by atomic mass is 16.3. The fourth-order valence-electron chi connectivity index (χ4n) is 1.54. The molecule has 0 spiro atoms. The van der Waals surface area contributed by atoms with Crippen molar-refractivity contribution in [1.82, 2.24) is 9.97 Å². The second-order valence-electron chi connectivity index (χ2n) is 3.28. The van der Waals surface area contributed by atoms with Crippen LogP contribution in [0.15, 0.2) is 36.7 Å². The summed E-state index contributed by atoms with van der Waals surface area (Å²) in [5.74, 6) is 0.748. The molecule has 1 aromatic carbocycles. The monoisotopic (exact) mass is 203 g/mol.